The lowest BCUT2D eigenvalue weighted by Crippen LogP contribution is -2.61. The average Bonchev–Trinajstić information content (AvgIpc) is 3.22. The zero-order chi connectivity index (χ0) is 24.8. The third kappa shape index (κ3) is 4.46. The van der Waals surface area contributed by atoms with Crippen LogP contribution in [0.4, 0.5) is 5.82 Å². The lowest BCUT2D eigenvalue weighted by Gasteiger charge is -2.45. The van der Waals surface area contributed by atoms with Gasteiger partial charge in [-0.25, -0.2) is 18.2 Å². The fourth-order valence-electron chi connectivity index (χ4n) is 5.16. The first-order valence-corrected chi connectivity index (χ1v) is 13.7. The summed E-state index contributed by atoms with van der Waals surface area (Å²) in [6.07, 6.45) is 4.47. The Hall–Kier alpha value is -2.82. The van der Waals surface area contributed by atoms with Gasteiger partial charge in [0.05, 0.1) is 23.6 Å². The smallest absolute Gasteiger partial charge is 0.338 e. The monoisotopic (exact) mass is 499 g/mol. The van der Waals surface area contributed by atoms with Crippen LogP contribution in [0.1, 0.15) is 39.9 Å². The molecule has 9 nitrogen and oxygen atoms in total. The van der Waals surface area contributed by atoms with Crippen molar-refractivity contribution in [3.8, 4) is 0 Å². The van der Waals surface area contributed by atoms with Gasteiger partial charge in [-0.1, -0.05) is 6.07 Å². The first kappa shape index (κ1) is 23.9. The van der Waals surface area contributed by atoms with E-state index < -0.39 is 15.4 Å². The van der Waals surface area contributed by atoms with E-state index in [1.807, 2.05) is 19.1 Å². The maximum atomic E-state index is 13.4. The first-order valence-electron chi connectivity index (χ1n) is 11.8. The topological polar surface area (TPSA) is 106 Å². The molecule has 0 N–H and O–H groups in total. The number of amides is 1. The van der Waals surface area contributed by atoms with Gasteiger partial charge in [0.1, 0.15) is 18.0 Å². The molecule has 4 heterocycles. The van der Waals surface area contributed by atoms with Crippen LogP contribution in [0.15, 0.2) is 35.4 Å². The Morgan fingerprint density at radius 3 is 2.54 bits per heavy atom. The van der Waals surface area contributed by atoms with Gasteiger partial charge in [0.2, 0.25) is 0 Å². The summed E-state index contributed by atoms with van der Waals surface area (Å²) < 4.78 is 34.6. The summed E-state index contributed by atoms with van der Waals surface area (Å²) >= 11 is 0. The molecule has 186 valence electrons. The molecular formula is C25H29N3O6S. The molecule has 2 aromatic rings. The number of pyridine rings is 1. The number of cyclic esters (lactones) is 1. The lowest BCUT2D eigenvalue weighted by atomic mass is 9.88. The summed E-state index contributed by atoms with van der Waals surface area (Å²) in [5.41, 5.74) is 3.13. The van der Waals surface area contributed by atoms with E-state index in [-0.39, 0.29) is 16.8 Å². The van der Waals surface area contributed by atoms with Crippen molar-refractivity contribution < 1.29 is 27.5 Å². The molecule has 10 heteroatoms. The molecule has 5 rings (SSSR count). The van der Waals surface area contributed by atoms with Gasteiger partial charge in [-0.15, -0.1) is 0 Å². The van der Waals surface area contributed by atoms with Crippen LogP contribution in [0, 0.1) is 6.92 Å². The van der Waals surface area contributed by atoms with Crippen molar-refractivity contribution in [2.75, 3.05) is 43.9 Å². The van der Waals surface area contributed by atoms with E-state index in [2.05, 4.69) is 9.88 Å². The number of rotatable bonds is 5. The molecule has 0 unspecified atom stereocenters. The Labute approximate surface area is 204 Å². The average molecular weight is 500 g/mol. The van der Waals surface area contributed by atoms with Crippen LogP contribution in [0.2, 0.25) is 0 Å². The largest absolute Gasteiger partial charge is 0.457 e. The van der Waals surface area contributed by atoms with Gasteiger partial charge in [0, 0.05) is 37.7 Å². The highest BCUT2D eigenvalue weighted by molar-refractivity contribution is 7.90. The van der Waals surface area contributed by atoms with Gasteiger partial charge >= 0.3 is 5.97 Å². The van der Waals surface area contributed by atoms with Crippen LogP contribution in [-0.4, -0.2) is 74.8 Å². The summed E-state index contributed by atoms with van der Waals surface area (Å²) in [6.45, 7) is 5.53. The van der Waals surface area contributed by atoms with E-state index in [0.29, 0.717) is 44.0 Å². The van der Waals surface area contributed by atoms with Gasteiger partial charge in [0.15, 0.2) is 9.84 Å². The maximum absolute atomic E-state index is 13.4. The number of benzene rings is 1. The Morgan fingerprint density at radius 1 is 1.09 bits per heavy atom. The van der Waals surface area contributed by atoms with Crippen LogP contribution in [0.25, 0.3) is 0 Å². The third-order valence-corrected chi connectivity index (χ3v) is 8.49. The Bertz CT molecular complexity index is 1270. The minimum Gasteiger partial charge on any atom is -0.457 e. The molecule has 0 bridgehead atoms. The fourth-order valence-corrected chi connectivity index (χ4v) is 5.71. The van der Waals surface area contributed by atoms with Crippen LogP contribution in [0.5, 0.6) is 0 Å². The zero-order valence-electron chi connectivity index (χ0n) is 20.0. The molecule has 1 aromatic heterocycles. The second kappa shape index (κ2) is 9.00. The highest BCUT2D eigenvalue weighted by Crippen LogP contribution is 2.33. The minimum absolute atomic E-state index is 0.109. The molecule has 0 aliphatic carbocycles. The SMILES string of the molecule is Cc1c(CCN2CCC3(CC2)OCCN(c2ccc(S(C)(=O)=O)cn2)C3=O)ccc2c1COC2=O. The molecule has 0 radical (unpaired) electrons. The number of aromatic nitrogens is 1. The summed E-state index contributed by atoms with van der Waals surface area (Å²) in [6, 6.07) is 6.94. The van der Waals surface area contributed by atoms with E-state index in [4.69, 9.17) is 9.47 Å². The number of sulfone groups is 1. The van der Waals surface area contributed by atoms with Gasteiger partial charge in [0.25, 0.3) is 5.91 Å². The summed E-state index contributed by atoms with van der Waals surface area (Å²) in [5, 5.41) is 0. The van der Waals surface area contributed by atoms with Crippen molar-refractivity contribution in [1.82, 2.24) is 9.88 Å². The lowest BCUT2D eigenvalue weighted by molar-refractivity contribution is -0.157. The molecular weight excluding hydrogens is 470 g/mol. The van der Waals surface area contributed by atoms with Crippen molar-refractivity contribution in [2.24, 2.45) is 0 Å². The quantitative estimate of drug-likeness (QED) is 0.575. The number of esters is 1. The number of morpholine rings is 1. The van der Waals surface area contributed by atoms with Gasteiger partial charge in [-0.3, -0.25) is 9.69 Å². The normalized spacial score (nSPS) is 20.2. The standard InChI is InChI=1S/C25H29N3O6S/c1-17-18(3-5-20-21(17)16-33-23(20)29)7-10-27-11-8-25(9-12-27)24(30)28(13-14-34-25)22-6-4-19(15-26-22)35(2,31)32/h3-6,15H,7-14,16H2,1-2H3. The molecule has 2 saturated heterocycles. The fraction of sp³-hybridized carbons (Fsp3) is 0.480. The minimum atomic E-state index is -3.35. The van der Waals surface area contributed by atoms with Crippen LogP contribution in [0.3, 0.4) is 0 Å². The third-order valence-electron chi connectivity index (χ3n) is 7.39. The number of hydrogen-bond donors (Lipinski definition) is 0. The number of piperidine rings is 1. The molecule has 1 amide bonds. The Kier molecular flexibility index (Phi) is 6.14. The van der Waals surface area contributed by atoms with E-state index in [9.17, 15) is 18.0 Å². The van der Waals surface area contributed by atoms with Crippen molar-refractivity contribution in [2.45, 2.75) is 43.3 Å². The highest BCUT2D eigenvalue weighted by Gasteiger charge is 2.47. The highest BCUT2D eigenvalue weighted by atomic mass is 32.2. The summed E-state index contributed by atoms with van der Waals surface area (Å²) in [7, 11) is -3.35. The number of likely N-dealkylation sites (tertiary alicyclic amines) is 1. The molecule has 1 spiro atoms. The molecule has 0 saturated carbocycles. The number of fused-ring (bicyclic) bond motifs is 1. The number of anilines is 1. The van der Waals surface area contributed by atoms with Gasteiger partial charge in [-0.05, 0) is 55.5 Å². The van der Waals surface area contributed by atoms with Crippen LogP contribution < -0.4 is 4.90 Å². The summed E-state index contributed by atoms with van der Waals surface area (Å²) in [5.74, 6) is 0.0906. The number of hydrogen-bond acceptors (Lipinski definition) is 8. The second-order valence-corrected chi connectivity index (χ2v) is 11.5. The van der Waals surface area contributed by atoms with Crippen LogP contribution in [-0.2, 0) is 37.1 Å². The van der Waals surface area contributed by atoms with Crippen molar-refractivity contribution in [3.63, 3.8) is 0 Å². The maximum Gasteiger partial charge on any atom is 0.338 e. The predicted octanol–water partition coefficient (Wildman–Crippen LogP) is 1.90. The van der Waals surface area contributed by atoms with Gasteiger partial charge < -0.3 is 14.4 Å². The van der Waals surface area contributed by atoms with Crippen molar-refractivity contribution >= 4 is 27.5 Å². The first-order chi connectivity index (χ1) is 16.7. The summed E-state index contributed by atoms with van der Waals surface area (Å²) in [4.78, 5) is 33.5. The Morgan fingerprint density at radius 2 is 1.86 bits per heavy atom. The molecule has 2 fully saturated rings. The van der Waals surface area contributed by atoms with Crippen molar-refractivity contribution in [1.29, 1.82) is 0 Å². The molecule has 35 heavy (non-hydrogen) atoms. The van der Waals surface area contributed by atoms with E-state index in [1.165, 1.54) is 17.8 Å². The molecule has 1 aromatic carbocycles. The number of nitrogens with zero attached hydrogens (tertiary/aromatic N) is 3. The second-order valence-electron chi connectivity index (χ2n) is 9.47. The predicted molar refractivity (Wildman–Crippen MR) is 128 cm³/mol. The Balaban J connectivity index is 1.21. The van der Waals surface area contributed by atoms with Crippen molar-refractivity contribution in [3.05, 3.63) is 52.7 Å². The zero-order valence-corrected chi connectivity index (χ0v) is 20.8. The van der Waals surface area contributed by atoms with E-state index in [1.54, 1.807) is 11.0 Å². The van der Waals surface area contributed by atoms with E-state index in [0.717, 1.165) is 43.4 Å². The number of carbonyl (C=O) groups excluding carboxylic acids is 2. The van der Waals surface area contributed by atoms with Crippen LogP contribution >= 0.6 is 0 Å². The molecule has 0 atom stereocenters. The van der Waals surface area contributed by atoms with Gasteiger partial charge in [-0.2, -0.15) is 0 Å². The number of ether oxygens (including phenoxy) is 2. The molecule has 3 aliphatic heterocycles. The van der Waals surface area contributed by atoms with E-state index >= 15 is 0 Å². The molecule has 3 aliphatic rings. The number of carbonyl (C=O) groups is 2.